The predicted octanol–water partition coefficient (Wildman–Crippen LogP) is 3.04. The fourth-order valence-corrected chi connectivity index (χ4v) is 2.70. The van der Waals surface area contributed by atoms with Crippen LogP contribution in [0.4, 0.5) is 0 Å². The van der Waals surface area contributed by atoms with Crippen molar-refractivity contribution in [2.45, 2.75) is 32.9 Å². The maximum atomic E-state index is 9.92. The normalized spacial score (nSPS) is 24.8. The second kappa shape index (κ2) is 5.09. The summed E-state index contributed by atoms with van der Waals surface area (Å²) in [4.78, 5) is 2.43. The Balaban J connectivity index is 1.98. The molecule has 1 aliphatic heterocycles. The Labute approximate surface area is 112 Å². The maximum absolute atomic E-state index is 9.92. The van der Waals surface area contributed by atoms with Crippen LogP contribution < -0.4 is 0 Å². The predicted molar refractivity (Wildman–Crippen MR) is 73.8 cm³/mol. The number of aliphatic hydroxyl groups is 1. The molecule has 3 heteroatoms. The van der Waals surface area contributed by atoms with Gasteiger partial charge in [0.1, 0.15) is 0 Å². The van der Waals surface area contributed by atoms with E-state index in [-0.39, 0.29) is 11.5 Å². The van der Waals surface area contributed by atoms with Gasteiger partial charge in [0.2, 0.25) is 0 Å². The fraction of sp³-hybridized carbons (Fsp3) is 0.571. The van der Waals surface area contributed by atoms with Crippen molar-refractivity contribution in [3.8, 4) is 0 Å². The lowest BCUT2D eigenvalue weighted by atomic mass is 9.81. The molecule has 2 nitrogen and oxygen atoms in total. The van der Waals surface area contributed by atoms with Crippen LogP contribution in [0.5, 0.6) is 0 Å². The van der Waals surface area contributed by atoms with Crippen molar-refractivity contribution in [1.29, 1.82) is 0 Å². The number of nitrogens with zero attached hydrogens (tertiary/aromatic N) is 1. The highest BCUT2D eigenvalue weighted by molar-refractivity contribution is 9.10. The zero-order chi connectivity index (χ0) is 12.5. The van der Waals surface area contributed by atoms with Gasteiger partial charge in [0.15, 0.2) is 0 Å². The summed E-state index contributed by atoms with van der Waals surface area (Å²) in [6.07, 6.45) is 0.715. The number of hydrogen-bond donors (Lipinski definition) is 1. The molecule has 1 unspecified atom stereocenters. The summed E-state index contributed by atoms with van der Waals surface area (Å²) in [6.45, 7) is 7.21. The zero-order valence-corrected chi connectivity index (χ0v) is 12.1. The number of halogens is 1. The van der Waals surface area contributed by atoms with Gasteiger partial charge in [-0.3, -0.25) is 4.90 Å². The minimum Gasteiger partial charge on any atom is -0.392 e. The molecule has 1 heterocycles. The van der Waals surface area contributed by atoms with Gasteiger partial charge >= 0.3 is 0 Å². The molecule has 1 saturated heterocycles. The van der Waals surface area contributed by atoms with Crippen molar-refractivity contribution < 1.29 is 5.11 Å². The SMILES string of the molecule is CC1(C)CN(Cc2ccc(Br)cc2)CCC1O. The van der Waals surface area contributed by atoms with Gasteiger partial charge in [0.05, 0.1) is 6.10 Å². The van der Waals surface area contributed by atoms with Crippen LogP contribution in [0.25, 0.3) is 0 Å². The summed E-state index contributed by atoms with van der Waals surface area (Å²) >= 11 is 3.45. The Morgan fingerprint density at radius 3 is 2.59 bits per heavy atom. The Kier molecular flexibility index (Phi) is 3.91. The van der Waals surface area contributed by atoms with E-state index in [1.165, 1.54) is 5.56 Å². The number of benzene rings is 1. The number of piperidine rings is 1. The van der Waals surface area contributed by atoms with Gasteiger partial charge in [-0.15, -0.1) is 0 Å². The lowest BCUT2D eigenvalue weighted by molar-refractivity contribution is -0.0270. The molecule has 1 atom stereocenters. The molecule has 1 aromatic carbocycles. The van der Waals surface area contributed by atoms with Crippen molar-refractivity contribution in [3.63, 3.8) is 0 Å². The van der Waals surface area contributed by atoms with E-state index < -0.39 is 0 Å². The maximum Gasteiger partial charge on any atom is 0.0615 e. The summed E-state index contributed by atoms with van der Waals surface area (Å²) in [5.74, 6) is 0. The summed E-state index contributed by atoms with van der Waals surface area (Å²) in [5.41, 5.74) is 1.34. The molecule has 0 radical (unpaired) electrons. The van der Waals surface area contributed by atoms with Gasteiger partial charge in [-0.05, 0) is 24.1 Å². The third-order valence-electron chi connectivity index (χ3n) is 3.57. The monoisotopic (exact) mass is 297 g/mol. The van der Waals surface area contributed by atoms with Crippen LogP contribution in [0.15, 0.2) is 28.7 Å². The van der Waals surface area contributed by atoms with Crippen LogP contribution in [0.1, 0.15) is 25.8 Å². The average molecular weight is 298 g/mol. The van der Waals surface area contributed by atoms with E-state index >= 15 is 0 Å². The van der Waals surface area contributed by atoms with Crippen LogP contribution in [-0.2, 0) is 6.54 Å². The molecule has 0 amide bonds. The van der Waals surface area contributed by atoms with Gasteiger partial charge in [-0.25, -0.2) is 0 Å². The molecule has 0 aliphatic carbocycles. The molecule has 0 spiro atoms. The molecule has 2 rings (SSSR count). The highest BCUT2D eigenvalue weighted by Gasteiger charge is 2.34. The number of rotatable bonds is 2. The molecule has 0 aromatic heterocycles. The zero-order valence-electron chi connectivity index (χ0n) is 10.5. The Morgan fingerprint density at radius 2 is 2.00 bits per heavy atom. The van der Waals surface area contributed by atoms with Gasteiger partial charge in [-0.2, -0.15) is 0 Å². The molecule has 94 valence electrons. The molecule has 17 heavy (non-hydrogen) atoms. The molecule has 1 aromatic rings. The van der Waals surface area contributed by atoms with E-state index in [0.717, 1.165) is 30.5 Å². The largest absolute Gasteiger partial charge is 0.392 e. The highest BCUT2D eigenvalue weighted by atomic mass is 79.9. The average Bonchev–Trinajstić information content (AvgIpc) is 2.26. The van der Waals surface area contributed by atoms with Gasteiger partial charge < -0.3 is 5.11 Å². The Bertz CT molecular complexity index is 374. The summed E-state index contributed by atoms with van der Waals surface area (Å²) in [5, 5.41) is 9.92. The topological polar surface area (TPSA) is 23.5 Å². The molecular weight excluding hydrogens is 278 g/mol. The number of hydrogen-bond acceptors (Lipinski definition) is 2. The molecule has 1 N–H and O–H groups in total. The molecule has 1 fully saturated rings. The molecule has 1 aliphatic rings. The fourth-order valence-electron chi connectivity index (χ4n) is 2.44. The minimum absolute atomic E-state index is 0.00755. The standard InChI is InChI=1S/C14H20BrNO/c1-14(2)10-16(8-7-13(14)17)9-11-3-5-12(15)6-4-11/h3-6,13,17H,7-10H2,1-2H3. The molecule has 0 bridgehead atoms. The van der Waals surface area contributed by atoms with Crippen molar-refractivity contribution in [2.75, 3.05) is 13.1 Å². The van der Waals surface area contributed by atoms with E-state index in [2.05, 4.69) is 58.9 Å². The van der Waals surface area contributed by atoms with Crippen LogP contribution in [-0.4, -0.2) is 29.2 Å². The first kappa shape index (κ1) is 13.1. The van der Waals surface area contributed by atoms with Crippen LogP contribution in [0.2, 0.25) is 0 Å². The third kappa shape index (κ3) is 3.30. The number of likely N-dealkylation sites (tertiary alicyclic amines) is 1. The smallest absolute Gasteiger partial charge is 0.0615 e. The van der Waals surface area contributed by atoms with Crippen LogP contribution in [0.3, 0.4) is 0 Å². The second-order valence-electron chi connectivity index (χ2n) is 5.63. The Hall–Kier alpha value is -0.380. The Morgan fingerprint density at radius 1 is 1.35 bits per heavy atom. The lowest BCUT2D eigenvalue weighted by Gasteiger charge is -2.41. The summed E-state index contributed by atoms with van der Waals surface area (Å²) in [7, 11) is 0. The van der Waals surface area contributed by atoms with E-state index in [0.29, 0.717) is 0 Å². The van der Waals surface area contributed by atoms with E-state index in [4.69, 9.17) is 0 Å². The summed E-state index contributed by atoms with van der Waals surface area (Å²) < 4.78 is 1.12. The molecule has 0 saturated carbocycles. The highest BCUT2D eigenvalue weighted by Crippen LogP contribution is 2.29. The van der Waals surface area contributed by atoms with Crippen LogP contribution >= 0.6 is 15.9 Å². The first-order chi connectivity index (χ1) is 7.97. The first-order valence-electron chi connectivity index (χ1n) is 6.12. The minimum atomic E-state index is -0.163. The van der Waals surface area contributed by atoms with E-state index in [1.807, 2.05) is 0 Å². The van der Waals surface area contributed by atoms with Crippen LogP contribution in [0, 0.1) is 5.41 Å². The van der Waals surface area contributed by atoms with Crippen molar-refractivity contribution >= 4 is 15.9 Å². The second-order valence-corrected chi connectivity index (χ2v) is 6.55. The van der Waals surface area contributed by atoms with Crippen molar-refractivity contribution in [2.24, 2.45) is 5.41 Å². The lowest BCUT2D eigenvalue weighted by Crippen LogP contribution is -2.48. The first-order valence-corrected chi connectivity index (χ1v) is 6.91. The quantitative estimate of drug-likeness (QED) is 0.907. The number of aliphatic hydroxyl groups excluding tert-OH is 1. The molecular formula is C14H20BrNO. The van der Waals surface area contributed by atoms with E-state index in [1.54, 1.807) is 0 Å². The third-order valence-corrected chi connectivity index (χ3v) is 4.10. The van der Waals surface area contributed by atoms with Gasteiger partial charge in [0, 0.05) is 29.5 Å². The van der Waals surface area contributed by atoms with Crippen molar-refractivity contribution in [3.05, 3.63) is 34.3 Å². The van der Waals surface area contributed by atoms with Crippen molar-refractivity contribution in [1.82, 2.24) is 4.90 Å². The summed E-state index contributed by atoms with van der Waals surface area (Å²) in [6, 6.07) is 8.47. The van der Waals surface area contributed by atoms with Gasteiger partial charge in [0.25, 0.3) is 0 Å². The van der Waals surface area contributed by atoms with E-state index in [9.17, 15) is 5.11 Å². The van der Waals surface area contributed by atoms with Gasteiger partial charge in [-0.1, -0.05) is 41.9 Å².